The number of benzene rings is 1. The lowest BCUT2D eigenvalue weighted by Crippen LogP contribution is -2.47. The molecule has 2 aromatic rings. The van der Waals surface area contributed by atoms with Gasteiger partial charge in [-0.25, -0.2) is 9.97 Å². The zero-order valence-electron chi connectivity index (χ0n) is 15.3. The monoisotopic (exact) mass is 339 g/mol. The van der Waals surface area contributed by atoms with E-state index in [9.17, 15) is 4.79 Å². The van der Waals surface area contributed by atoms with Gasteiger partial charge in [-0.05, 0) is 57.1 Å². The first-order valence-electron chi connectivity index (χ1n) is 8.59. The molecule has 1 saturated heterocycles. The Bertz CT molecular complexity index is 761. The summed E-state index contributed by atoms with van der Waals surface area (Å²) in [7, 11) is 2.07. The van der Waals surface area contributed by atoms with Gasteiger partial charge in [0.05, 0.1) is 0 Å². The third-order valence-electron chi connectivity index (χ3n) is 4.34. The molecule has 0 atom stereocenters. The minimum absolute atomic E-state index is 0.0259. The smallest absolute Gasteiger partial charge is 0.272 e. The summed E-state index contributed by atoms with van der Waals surface area (Å²) in [4.78, 5) is 25.7. The Labute approximate surface area is 148 Å². The maximum absolute atomic E-state index is 12.8. The van der Waals surface area contributed by atoms with Crippen molar-refractivity contribution in [2.75, 3.05) is 38.5 Å². The second-order valence-electron chi connectivity index (χ2n) is 6.82. The number of aromatic nitrogens is 2. The van der Waals surface area contributed by atoms with Crippen molar-refractivity contribution >= 4 is 17.5 Å². The number of hydrogen-bond donors (Lipinski definition) is 1. The van der Waals surface area contributed by atoms with E-state index in [0.29, 0.717) is 11.6 Å². The van der Waals surface area contributed by atoms with Crippen molar-refractivity contribution in [3.05, 3.63) is 46.8 Å². The third-order valence-corrected chi connectivity index (χ3v) is 4.34. The molecule has 1 N–H and O–H groups in total. The molecule has 0 bridgehead atoms. The average molecular weight is 339 g/mol. The molecule has 0 radical (unpaired) electrons. The van der Waals surface area contributed by atoms with E-state index in [-0.39, 0.29) is 5.91 Å². The maximum atomic E-state index is 12.8. The van der Waals surface area contributed by atoms with Crippen LogP contribution in [0.4, 0.5) is 11.6 Å². The molecule has 1 aromatic carbocycles. The predicted octanol–water partition coefficient (Wildman–Crippen LogP) is 2.53. The van der Waals surface area contributed by atoms with Crippen LogP contribution in [-0.2, 0) is 0 Å². The molecule has 3 rings (SSSR count). The molecule has 6 nitrogen and oxygen atoms in total. The van der Waals surface area contributed by atoms with Crippen LogP contribution >= 0.6 is 0 Å². The normalized spacial score (nSPS) is 15.3. The number of carbonyl (C=O) groups is 1. The summed E-state index contributed by atoms with van der Waals surface area (Å²) in [6.07, 6.45) is 0. The Morgan fingerprint density at radius 3 is 2.24 bits per heavy atom. The van der Waals surface area contributed by atoms with E-state index >= 15 is 0 Å². The molecule has 1 aliphatic rings. The van der Waals surface area contributed by atoms with Gasteiger partial charge in [0.15, 0.2) is 0 Å². The fraction of sp³-hybridized carbons (Fsp3) is 0.421. The fourth-order valence-corrected chi connectivity index (χ4v) is 3.08. The van der Waals surface area contributed by atoms with Gasteiger partial charge in [-0.2, -0.15) is 0 Å². The highest BCUT2D eigenvalue weighted by atomic mass is 16.2. The first kappa shape index (κ1) is 17.4. The number of carbonyl (C=O) groups excluding carboxylic acids is 1. The summed E-state index contributed by atoms with van der Waals surface area (Å²) >= 11 is 0. The van der Waals surface area contributed by atoms with Crippen LogP contribution < -0.4 is 5.32 Å². The highest BCUT2D eigenvalue weighted by Crippen LogP contribution is 2.18. The highest BCUT2D eigenvalue weighted by molar-refractivity contribution is 5.92. The van der Waals surface area contributed by atoms with Crippen LogP contribution in [0.5, 0.6) is 0 Å². The van der Waals surface area contributed by atoms with E-state index in [1.807, 2.05) is 24.0 Å². The zero-order chi connectivity index (χ0) is 18.0. The number of nitrogens with zero attached hydrogens (tertiary/aromatic N) is 4. The van der Waals surface area contributed by atoms with E-state index in [1.54, 1.807) is 6.07 Å². The quantitative estimate of drug-likeness (QED) is 0.931. The standard InChI is InChI=1S/C19H25N5O/c1-13-9-14(2)11-16(10-13)21-19-20-15(3)12-17(22-19)18(25)24-7-5-23(4)6-8-24/h9-12H,5-8H2,1-4H3,(H,20,21,22). The molecule has 132 valence electrons. The lowest BCUT2D eigenvalue weighted by Gasteiger charge is -2.32. The molecule has 1 aliphatic heterocycles. The molecular weight excluding hydrogens is 314 g/mol. The van der Waals surface area contributed by atoms with Crippen LogP contribution in [0.3, 0.4) is 0 Å². The molecule has 0 unspecified atom stereocenters. The van der Waals surface area contributed by atoms with Crippen molar-refractivity contribution in [1.82, 2.24) is 19.8 Å². The summed E-state index contributed by atoms with van der Waals surface area (Å²) in [5.41, 5.74) is 4.50. The van der Waals surface area contributed by atoms with Crippen LogP contribution in [0.2, 0.25) is 0 Å². The number of nitrogens with one attached hydrogen (secondary N) is 1. The fourth-order valence-electron chi connectivity index (χ4n) is 3.08. The van der Waals surface area contributed by atoms with Gasteiger partial charge in [0, 0.05) is 37.6 Å². The van der Waals surface area contributed by atoms with Crippen molar-refractivity contribution < 1.29 is 4.79 Å². The number of aryl methyl sites for hydroxylation is 3. The molecule has 1 aromatic heterocycles. The Kier molecular flexibility index (Phi) is 4.99. The SMILES string of the molecule is Cc1cc(C)cc(Nc2nc(C)cc(C(=O)N3CCN(C)CC3)n2)c1. The van der Waals surface area contributed by atoms with E-state index in [4.69, 9.17) is 0 Å². The minimum atomic E-state index is -0.0259. The molecule has 25 heavy (non-hydrogen) atoms. The molecule has 1 fully saturated rings. The van der Waals surface area contributed by atoms with Crippen LogP contribution in [0, 0.1) is 20.8 Å². The van der Waals surface area contributed by atoms with Crippen LogP contribution in [0.15, 0.2) is 24.3 Å². The van der Waals surface area contributed by atoms with Gasteiger partial charge in [0.2, 0.25) is 5.95 Å². The highest BCUT2D eigenvalue weighted by Gasteiger charge is 2.22. The van der Waals surface area contributed by atoms with Crippen molar-refractivity contribution in [3.8, 4) is 0 Å². The predicted molar refractivity (Wildman–Crippen MR) is 99.4 cm³/mol. The maximum Gasteiger partial charge on any atom is 0.272 e. The Morgan fingerprint density at radius 2 is 1.60 bits per heavy atom. The topological polar surface area (TPSA) is 61.4 Å². The first-order chi connectivity index (χ1) is 11.9. The van der Waals surface area contributed by atoms with Crippen molar-refractivity contribution in [3.63, 3.8) is 0 Å². The second-order valence-corrected chi connectivity index (χ2v) is 6.82. The Hall–Kier alpha value is -2.47. The number of likely N-dealkylation sites (N-methyl/N-ethyl adjacent to an activating group) is 1. The van der Waals surface area contributed by atoms with E-state index < -0.39 is 0 Å². The summed E-state index contributed by atoms with van der Waals surface area (Å²) in [5, 5.41) is 3.23. The number of anilines is 2. The van der Waals surface area contributed by atoms with Crippen LogP contribution in [0.25, 0.3) is 0 Å². The lowest BCUT2D eigenvalue weighted by molar-refractivity contribution is 0.0658. The van der Waals surface area contributed by atoms with E-state index in [0.717, 1.165) is 37.6 Å². The zero-order valence-corrected chi connectivity index (χ0v) is 15.3. The molecule has 6 heteroatoms. The van der Waals surface area contributed by atoms with Crippen LogP contribution in [-0.4, -0.2) is 58.9 Å². The van der Waals surface area contributed by atoms with Crippen molar-refractivity contribution in [2.24, 2.45) is 0 Å². The molecule has 0 aliphatic carbocycles. The summed E-state index contributed by atoms with van der Waals surface area (Å²) in [5.74, 6) is 0.435. The van der Waals surface area contributed by atoms with Gasteiger partial charge >= 0.3 is 0 Å². The second kappa shape index (κ2) is 7.19. The minimum Gasteiger partial charge on any atom is -0.335 e. The number of hydrogen-bond acceptors (Lipinski definition) is 5. The van der Waals surface area contributed by atoms with E-state index in [1.165, 1.54) is 11.1 Å². The van der Waals surface area contributed by atoms with Gasteiger partial charge in [-0.15, -0.1) is 0 Å². The number of piperazine rings is 1. The van der Waals surface area contributed by atoms with Crippen molar-refractivity contribution in [2.45, 2.75) is 20.8 Å². The molecule has 2 heterocycles. The summed E-state index contributed by atoms with van der Waals surface area (Å²) < 4.78 is 0. The molecule has 1 amide bonds. The van der Waals surface area contributed by atoms with Gasteiger partial charge in [-0.3, -0.25) is 4.79 Å². The molecule has 0 saturated carbocycles. The molecule has 0 spiro atoms. The van der Waals surface area contributed by atoms with Gasteiger partial charge < -0.3 is 15.1 Å². The Balaban J connectivity index is 1.81. The number of amides is 1. The van der Waals surface area contributed by atoms with Gasteiger partial charge in [0.1, 0.15) is 5.69 Å². The van der Waals surface area contributed by atoms with Crippen molar-refractivity contribution in [1.29, 1.82) is 0 Å². The van der Waals surface area contributed by atoms with E-state index in [2.05, 4.69) is 47.1 Å². The van der Waals surface area contributed by atoms with Crippen LogP contribution in [0.1, 0.15) is 27.3 Å². The van der Waals surface area contributed by atoms with Gasteiger partial charge in [-0.1, -0.05) is 6.07 Å². The average Bonchev–Trinajstić information content (AvgIpc) is 2.53. The summed E-state index contributed by atoms with van der Waals surface area (Å²) in [6.45, 7) is 9.24. The van der Waals surface area contributed by atoms with Gasteiger partial charge in [0.25, 0.3) is 5.91 Å². The summed E-state index contributed by atoms with van der Waals surface area (Å²) in [6, 6.07) is 7.96. The molecular formula is C19H25N5O. The first-order valence-corrected chi connectivity index (χ1v) is 8.59. The largest absolute Gasteiger partial charge is 0.335 e. The number of rotatable bonds is 3. The third kappa shape index (κ3) is 4.33. The Morgan fingerprint density at radius 1 is 0.960 bits per heavy atom. The lowest BCUT2D eigenvalue weighted by atomic mass is 10.1.